The van der Waals surface area contributed by atoms with E-state index in [1.165, 1.54) is 6.07 Å². The molecule has 8 heteroatoms. The van der Waals surface area contributed by atoms with Gasteiger partial charge in [-0.3, -0.25) is 14.9 Å². The van der Waals surface area contributed by atoms with Crippen LogP contribution >= 0.6 is 0 Å². The molecule has 3 rings (SSSR count). The van der Waals surface area contributed by atoms with Crippen LogP contribution < -0.4 is 10.2 Å². The van der Waals surface area contributed by atoms with E-state index in [9.17, 15) is 14.9 Å². The zero-order valence-corrected chi connectivity index (χ0v) is 15.8. The van der Waals surface area contributed by atoms with Crippen LogP contribution in [0.3, 0.4) is 0 Å². The maximum absolute atomic E-state index is 12.4. The van der Waals surface area contributed by atoms with Crippen LogP contribution in [-0.2, 0) is 9.47 Å². The molecular formula is C19H27N3O5. The van der Waals surface area contributed by atoms with E-state index >= 15 is 0 Å². The van der Waals surface area contributed by atoms with Crippen molar-refractivity contribution < 1.29 is 19.2 Å². The van der Waals surface area contributed by atoms with Gasteiger partial charge >= 0.3 is 0 Å². The van der Waals surface area contributed by atoms with Crippen molar-refractivity contribution in [2.45, 2.75) is 26.4 Å². The number of hydrogen-bond donors (Lipinski definition) is 1. The van der Waals surface area contributed by atoms with Gasteiger partial charge in [0.15, 0.2) is 0 Å². The van der Waals surface area contributed by atoms with Crippen molar-refractivity contribution in [1.29, 1.82) is 0 Å². The lowest BCUT2D eigenvalue weighted by molar-refractivity contribution is -0.384. The van der Waals surface area contributed by atoms with Crippen LogP contribution in [-0.4, -0.2) is 56.4 Å². The summed E-state index contributed by atoms with van der Waals surface area (Å²) in [7, 11) is 0. The molecule has 2 saturated heterocycles. The molecule has 1 aromatic carbocycles. The predicted octanol–water partition coefficient (Wildman–Crippen LogP) is 2.22. The highest BCUT2D eigenvalue weighted by atomic mass is 16.6. The molecule has 148 valence electrons. The van der Waals surface area contributed by atoms with E-state index in [0.717, 1.165) is 19.5 Å². The lowest BCUT2D eigenvalue weighted by Crippen LogP contribution is -2.40. The molecule has 0 saturated carbocycles. The summed E-state index contributed by atoms with van der Waals surface area (Å²) in [5.74, 6) is 0.613. The van der Waals surface area contributed by atoms with Crippen LogP contribution in [0.4, 0.5) is 11.4 Å². The summed E-state index contributed by atoms with van der Waals surface area (Å²) in [6.07, 6.45) is 0.936. The highest BCUT2D eigenvalue weighted by Crippen LogP contribution is 2.33. The van der Waals surface area contributed by atoms with Crippen molar-refractivity contribution >= 4 is 17.3 Å². The number of rotatable bonds is 5. The number of carbonyl (C=O) groups is 1. The van der Waals surface area contributed by atoms with E-state index < -0.39 is 4.92 Å². The number of nitro groups is 1. The largest absolute Gasteiger partial charge is 0.376 e. The number of nitrogens with zero attached hydrogens (tertiary/aromatic N) is 2. The molecule has 0 unspecified atom stereocenters. The summed E-state index contributed by atoms with van der Waals surface area (Å²) in [6.45, 7) is 7.71. The number of nitro benzene ring substituents is 1. The number of anilines is 1. The summed E-state index contributed by atoms with van der Waals surface area (Å²) < 4.78 is 10.8. The van der Waals surface area contributed by atoms with Crippen molar-refractivity contribution in [2.75, 3.05) is 44.4 Å². The van der Waals surface area contributed by atoms with Gasteiger partial charge in [-0.2, -0.15) is 0 Å². The van der Waals surface area contributed by atoms with Crippen molar-refractivity contribution in [2.24, 2.45) is 11.8 Å². The quantitative estimate of drug-likeness (QED) is 0.625. The molecule has 0 aromatic heterocycles. The van der Waals surface area contributed by atoms with E-state index in [1.807, 2.05) is 0 Å². The minimum absolute atomic E-state index is 0.0267. The van der Waals surface area contributed by atoms with Gasteiger partial charge in [0.2, 0.25) is 0 Å². The van der Waals surface area contributed by atoms with Crippen LogP contribution in [0, 0.1) is 22.0 Å². The maximum Gasteiger partial charge on any atom is 0.293 e. The molecule has 2 aliphatic heterocycles. The first-order chi connectivity index (χ1) is 12.9. The summed E-state index contributed by atoms with van der Waals surface area (Å²) in [5, 5.41) is 14.4. The summed E-state index contributed by atoms with van der Waals surface area (Å²) in [5.41, 5.74) is 0.834. The first-order valence-electron chi connectivity index (χ1n) is 9.45. The molecule has 27 heavy (non-hydrogen) atoms. The molecule has 2 fully saturated rings. The van der Waals surface area contributed by atoms with Crippen molar-refractivity contribution in [3.63, 3.8) is 0 Å². The molecule has 0 aliphatic carbocycles. The van der Waals surface area contributed by atoms with Gasteiger partial charge in [0, 0.05) is 31.3 Å². The normalized spacial score (nSPS) is 25.9. The lowest BCUT2D eigenvalue weighted by Gasteiger charge is -2.36. The minimum Gasteiger partial charge on any atom is -0.376 e. The van der Waals surface area contributed by atoms with Gasteiger partial charge in [-0.1, -0.05) is 13.8 Å². The Morgan fingerprint density at radius 1 is 1.30 bits per heavy atom. The van der Waals surface area contributed by atoms with Crippen molar-refractivity contribution in [3.8, 4) is 0 Å². The Morgan fingerprint density at radius 2 is 2.04 bits per heavy atom. The topological polar surface area (TPSA) is 93.9 Å². The Morgan fingerprint density at radius 3 is 2.67 bits per heavy atom. The smallest absolute Gasteiger partial charge is 0.293 e. The van der Waals surface area contributed by atoms with Gasteiger partial charge in [0.05, 0.1) is 30.8 Å². The Labute approximate surface area is 159 Å². The third-order valence-electron chi connectivity index (χ3n) is 5.02. The molecule has 1 aromatic rings. The highest BCUT2D eigenvalue weighted by molar-refractivity contribution is 5.95. The summed E-state index contributed by atoms with van der Waals surface area (Å²) >= 11 is 0. The number of nitrogens with one attached hydrogen (secondary N) is 1. The lowest BCUT2D eigenvalue weighted by atomic mass is 9.91. The second kappa shape index (κ2) is 8.67. The molecule has 2 heterocycles. The monoisotopic (exact) mass is 377 g/mol. The van der Waals surface area contributed by atoms with Crippen LogP contribution in [0.25, 0.3) is 0 Å². The third-order valence-corrected chi connectivity index (χ3v) is 5.02. The number of hydrogen-bond acceptors (Lipinski definition) is 6. The number of benzene rings is 1. The number of piperidine rings is 1. The second-order valence-corrected chi connectivity index (χ2v) is 7.59. The average Bonchev–Trinajstić information content (AvgIpc) is 2.65. The third kappa shape index (κ3) is 4.95. The number of amides is 1. The standard InChI is InChI=1S/C19H27N3O5/c1-13-7-14(2)11-21(10-13)17-4-3-15(8-18(17)22(24)25)19(23)20-9-16-12-26-5-6-27-16/h3-4,8,13-14,16H,5-7,9-12H2,1-2H3,(H,20,23)/t13-,14+,16-/m1/s1. The van der Waals surface area contributed by atoms with Crippen LogP contribution in [0.2, 0.25) is 0 Å². The van der Waals surface area contributed by atoms with Crippen molar-refractivity contribution in [3.05, 3.63) is 33.9 Å². The Hall–Kier alpha value is -2.19. The Bertz CT molecular complexity index is 680. The van der Waals surface area contributed by atoms with Crippen LogP contribution in [0.5, 0.6) is 0 Å². The van der Waals surface area contributed by atoms with E-state index in [4.69, 9.17) is 9.47 Å². The maximum atomic E-state index is 12.4. The second-order valence-electron chi connectivity index (χ2n) is 7.59. The van der Waals surface area contributed by atoms with E-state index in [-0.39, 0.29) is 23.3 Å². The van der Waals surface area contributed by atoms with Crippen LogP contribution in [0.1, 0.15) is 30.6 Å². The first kappa shape index (κ1) is 19.6. The summed E-state index contributed by atoms with van der Waals surface area (Å²) in [6, 6.07) is 4.71. The number of carbonyl (C=O) groups excluding carboxylic acids is 1. The first-order valence-corrected chi connectivity index (χ1v) is 9.45. The Balaban J connectivity index is 1.72. The van der Waals surface area contributed by atoms with Gasteiger partial charge in [-0.25, -0.2) is 0 Å². The summed E-state index contributed by atoms with van der Waals surface area (Å²) in [4.78, 5) is 25.7. The minimum atomic E-state index is -0.409. The van der Waals surface area contributed by atoms with Gasteiger partial charge in [0.25, 0.3) is 11.6 Å². The van der Waals surface area contributed by atoms with Crippen LogP contribution in [0.15, 0.2) is 18.2 Å². The zero-order chi connectivity index (χ0) is 19.4. The fourth-order valence-electron chi connectivity index (χ4n) is 3.90. The van der Waals surface area contributed by atoms with Gasteiger partial charge in [-0.15, -0.1) is 0 Å². The fraction of sp³-hybridized carbons (Fsp3) is 0.632. The SMILES string of the molecule is C[C@@H]1C[C@H](C)CN(c2ccc(C(=O)NC[C@@H]3COCCO3)cc2[N+](=O)[O-])C1. The molecule has 0 bridgehead atoms. The van der Waals surface area contributed by atoms with Crippen molar-refractivity contribution in [1.82, 2.24) is 5.32 Å². The molecule has 1 N–H and O–H groups in total. The highest BCUT2D eigenvalue weighted by Gasteiger charge is 2.28. The van der Waals surface area contributed by atoms with Gasteiger partial charge in [0.1, 0.15) is 5.69 Å². The van der Waals surface area contributed by atoms with E-state index in [0.29, 0.717) is 43.9 Å². The van der Waals surface area contributed by atoms with Gasteiger partial charge < -0.3 is 19.7 Å². The molecule has 0 spiro atoms. The zero-order valence-electron chi connectivity index (χ0n) is 15.8. The predicted molar refractivity (Wildman–Crippen MR) is 101 cm³/mol. The van der Waals surface area contributed by atoms with Gasteiger partial charge in [-0.05, 0) is 30.4 Å². The molecule has 1 amide bonds. The molecule has 8 nitrogen and oxygen atoms in total. The van der Waals surface area contributed by atoms with E-state index in [2.05, 4.69) is 24.1 Å². The number of ether oxygens (including phenoxy) is 2. The Kier molecular flexibility index (Phi) is 6.28. The fourth-order valence-corrected chi connectivity index (χ4v) is 3.90. The molecule has 3 atom stereocenters. The average molecular weight is 377 g/mol. The van der Waals surface area contributed by atoms with E-state index in [1.54, 1.807) is 12.1 Å². The molecule has 2 aliphatic rings. The molecular weight excluding hydrogens is 350 g/mol. The molecule has 0 radical (unpaired) electrons.